The Hall–Kier alpha value is -2.43. The summed E-state index contributed by atoms with van der Waals surface area (Å²) in [4.78, 5) is 22.6. The summed E-state index contributed by atoms with van der Waals surface area (Å²) >= 11 is 0. The van der Waals surface area contributed by atoms with Crippen LogP contribution in [-0.4, -0.2) is 40.0 Å². The van der Waals surface area contributed by atoms with Crippen molar-refractivity contribution in [2.45, 2.75) is 32.8 Å². The van der Waals surface area contributed by atoms with Crippen molar-refractivity contribution in [3.63, 3.8) is 0 Å². The van der Waals surface area contributed by atoms with Gasteiger partial charge in [0.25, 0.3) is 5.91 Å². The lowest BCUT2D eigenvalue weighted by Gasteiger charge is -2.39. The number of hydrogen-bond donors (Lipinski definition) is 0. The van der Waals surface area contributed by atoms with Crippen LogP contribution in [0.25, 0.3) is 0 Å². The number of nitrogens with zero attached hydrogens (tertiary/aromatic N) is 3. The Labute approximate surface area is 136 Å². The van der Waals surface area contributed by atoms with Gasteiger partial charge < -0.3 is 9.64 Å². The molecule has 1 aliphatic heterocycles. The summed E-state index contributed by atoms with van der Waals surface area (Å²) in [5.74, 6) is 0.856. The number of hydrogen-bond acceptors (Lipinski definition) is 4. The Balaban J connectivity index is 1.60. The van der Waals surface area contributed by atoms with Crippen LogP contribution in [0.1, 0.15) is 35.0 Å². The fourth-order valence-corrected chi connectivity index (χ4v) is 2.70. The zero-order valence-corrected chi connectivity index (χ0v) is 13.5. The van der Waals surface area contributed by atoms with Crippen LogP contribution in [0.4, 0.5) is 0 Å². The van der Waals surface area contributed by atoms with E-state index in [0.29, 0.717) is 18.7 Å². The topological polar surface area (TPSA) is 55.3 Å². The van der Waals surface area contributed by atoms with Crippen LogP contribution in [0.2, 0.25) is 0 Å². The van der Waals surface area contributed by atoms with E-state index in [1.54, 1.807) is 11.1 Å². The zero-order valence-electron chi connectivity index (χ0n) is 13.5. The second kappa shape index (κ2) is 6.77. The molecule has 0 radical (unpaired) electrons. The Morgan fingerprint density at radius 2 is 2.22 bits per heavy atom. The molecule has 5 heteroatoms. The molecule has 0 spiro atoms. The maximum atomic E-state index is 12.6. The highest BCUT2D eigenvalue weighted by molar-refractivity contribution is 5.95. The van der Waals surface area contributed by atoms with Gasteiger partial charge in [0.1, 0.15) is 18.2 Å². The van der Waals surface area contributed by atoms with E-state index in [9.17, 15) is 4.79 Å². The Kier molecular flexibility index (Phi) is 4.55. The maximum Gasteiger partial charge on any atom is 0.257 e. The summed E-state index contributed by atoms with van der Waals surface area (Å²) in [5.41, 5.74) is 2.61. The lowest BCUT2D eigenvalue weighted by Crippen LogP contribution is -2.56. The van der Waals surface area contributed by atoms with Gasteiger partial charge in [0.15, 0.2) is 0 Å². The van der Waals surface area contributed by atoms with Crippen LogP contribution in [0, 0.1) is 6.92 Å². The van der Waals surface area contributed by atoms with Crippen molar-refractivity contribution in [2.24, 2.45) is 0 Å². The molecule has 1 saturated heterocycles. The van der Waals surface area contributed by atoms with Crippen LogP contribution >= 0.6 is 0 Å². The van der Waals surface area contributed by atoms with E-state index in [1.165, 1.54) is 11.9 Å². The molecule has 3 rings (SSSR count). The number of ether oxygens (including phenoxy) is 1. The van der Waals surface area contributed by atoms with Gasteiger partial charge in [-0.15, -0.1) is 0 Å². The molecule has 0 bridgehead atoms. The molecule has 0 unspecified atom stereocenters. The molecule has 120 valence electrons. The minimum Gasteiger partial charge on any atom is -0.487 e. The van der Waals surface area contributed by atoms with Gasteiger partial charge in [-0.1, -0.05) is 25.5 Å². The third kappa shape index (κ3) is 3.50. The number of aryl methyl sites for hydroxylation is 2. The molecule has 2 heterocycles. The molecule has 5 nitrogen and oxygen atoms in total. The average Bonchev–Trinajstić information content (AvgIpc) is 2.51. The minimum atomic E-state index is -0.00172. The monoisotopic (exact) mass is 311 g/mol. The second-order valence-corrected chi connectivity index (χ2v) is 5.90. The highest BCUT2D eigenvalue weighted by atomic mass is 16.5. The molecule has 1 amide bonds. The Morgan fingerprint density at radius 1 is 1.39 bits per heavy atom. The Bertz CT molecular complexity index is 696. The first-order chi connectivity index (χ1) is 11.2. The van der Waals surface area contributed by atoms with E-state index < -0.39 is 0 Å². The highest BCUT2D eigenvalue weighted by Gasteiger charge is 2.33. The molecule has 0 atom stereocenters. The van der Waals surface area contributed by atoms with Gasteiger partial charge in [0.2, 0.25) is 0 Å². The van der Waals surface area contributed by atoms with Crippen molar-refractivity contribution < 1.29 is 9.53 Å². The Morgan fingerprint density at radius 3 is 2.96 bits per heavy atom. The van der Waals surface area contributed by atoms with Crippen LogP contribution < -0.4 is 4.74 Å². The van der Waals surface area contributed by atoms with Gasteiger partial charge in [-0.3, -0.25) is 4.79 Å². The smallest absolute Gasteiger partial charge is 0.257 e. The fraction of sp³-hybridized carbons (Fsp3) is 0.389. The first-order valence-electron chi connectivity index (χ1n) is 7.99. The van der Waals surface area contributed by atoms with Gasteiger partial charge in [-0.2, -0.15) is 0 Å². The summed E-state index contributed by atoms with van der Waals surface area (Å²) in [5, 5.41) is 0. The van der Waals surface area contributed by atoms with E-state index in [2.05, 4.69) is 16.9 Å². The summed E-state index contributed by atoms with van der Waals surface area (Å²) < 4.78 is 5.90. The standard InChI is InChI=1S/C18H21N3O2/c1-3-5-17-16(9-19-12-20-17)18(22)21-10-15(11-21)23-14-7-4-6-13(2)8-14/h4,6-9,12,15H,3,5,10-11H2,1-2H3. The van der Waals surface area contributed by atoms with Crippen LogP contribution in [0.15, 0.2) is 36.8 Å². The third-order valence-electron chi connectivity index (χ3n) is 3.94. The first kappa shape index (κ1) is 15.5. The van der Waals surface area contributed by atoms with E-state index in [1.807, 2.05) is 31.2 Å². The number of likely N-dealkylation sites (tertiary alicyclic amines) is 1. The molecular weight excluding hydrogens is 290 g/mol. The molecule has 0 aliphatic carbocycles. The summed E-state index contributed by atoms with van der Waals surface area (Å²) in [6, 6.07) is 7.97. The zero-order chi connectivity index (χ0) is 16.2. The van der Waals surface area contributed by atoms with Crippen molar-refractivity contribution in [2.75, 3.05) is 13.1 Å². The van der Waals surface area contributed by atoms with Crippen LogP contribution in [0.3, 0.4) is 0 Å². The number of rotatable bonds is 5. The second-order valence-electron chi connectivity index (χ2n) is 5.90. The van der Waals surface area contributed by atoms with Gasteiger partial charge in [-0.05, 0) is 31.0 Å². The third-order valence-corrected chi connectivity index (χ3v) is 3.94. The van der Waals surface area contributed by atoms with Gasteiger partial charge in [-0.25, -0.2) is 9.97 Å². The predicted molar refractivity (Wildman–Crippen MR) is 87.5 cm³/mol. The molecule has 0 N–H and O–H groups in total. The van der Waals surface area contributed by atoms with Gasteiger partial charge in [0.05, 0.1) is 24.3 Å². The summed E-state index contributed by atoms with van der Waals surface area (Å²) in [7, 11) is 0. The van der Waals surface area contributed by atoms with E-state index >= 15 is 0 Å². The van der Waals surface area contributed by atoms with E-state index in [4.69, 9.17) is 4.74 Å². The lowest BCUT2D eigenvalue weighted by atomic mass is 10.1. The van der Waals surface area contributed by atoms with Gasteiger partial charge in [0, 0.05) is 6.20 Å². The number of carbonyl (C=O) groups is 1. The predicted octanol–water partition coefficient (Wildman–Crippen LogP) is 2.64. The van der Waals surface area contributed by atoms with E-state index in [-0.39, 0.29) is 12.0 Å². The molecule has 0 saturated carbocycles. The number of benzene rings is 1. The number of aromatic nitrogens is 2. The lowest BCUT2D eigenvalue weighted by molar-refractivity contribution is 0.0176. The number of carbonyl (C=O) groups excluding carboxylic acids is 1. The maximum absolute atomic E-state index is 12.6. The molecule has 23 heavy (non-hydrogen) atoms. The normalized spacial score (nSPS) is 14.4. The van der Waals surface area contributed by atoms with E-state index in [0.717, 1.165) is 24.3 Å². The van der Waals surface area contributed by atoms with Crippen molar-refractivity contribution >= 4 is 5.91 Å². The molecular formula is C18H21N3O2. The largest absolute Gasteiger partial charge is 0.487 e. The number of amides is 1. The molecule has 1 fully saturated rings. The quantitative estimate of drug-likeness (QED) is 0.852. The van der Waals surface area contributed by atoms with Crippen molar-refractivity contribution in [1.29, 1.82) is 0 Å². The minimum absolute atomic E-state index is 0.00172. The average molecular weight is 311 g/mol. The van der Waals surface area contributed by atoms with Crippen molar-refractivity contribution in [3.8, 4) is 5.75 Å². The molecule has 2 aromatic rings. The van der Waals surface area contributed by atoms with Crippen molar-refractivity contribution in [3.05, 3.63) is 53.6 Å². The van der Waals surface area contributed by atoms with Crippen molar-refractivity contribution in [1.82, 2.24) is 14.9 Å². The highest BCUT2D eigenvalue weighted by Crippen LogP contribution is 2.21. The molecule has 1 aromatic carbocycles. The van der Waals surface area contributed by atoms with Crippen LogP contribution in [0.5, 0.6) is 5.75 Å². The molecule has 1 aromatic heterocycles. The fourth-order valence-electron chi connectivity index (χ4n) is 2.70. The summed E-state index contributed by atoms with van der Waals surface area (Å²) in [6.07, 6.45) is 4.92. The summed E-state index contributed by atoms with van der Waals surface area (Å²) in [6.45, 7) is 5.32. The van der Waals surface area contributed by atoms with Crippen LogP contribution in [-0.2, 0) is 6.42 Å². The first-order valence-corrected chi connectivity index (χ1v) is 7.99. The SMILES string of the molecule is CCCc1ncncc1C(=O)N1CC(Oc2cccc(C)c2)C1. The van der Waals surface area contributed by atoms with Gasteiger partial charge >= 0.3 is 0 Å². The molecule has 1 aliphatic rings.